The molecule has 0 unspecified atom stereocenters. The van der Waals surface area contributed by atoms with Crippen LogP contribution in [0, 0.1) is 17.1 Å². The highest BCUT2D eigenvalue weighted by atomic mass is 19.1. The molecule has 0 bridgehead atoms. The minimum Gasteiger partial charge on any atom is -0.372 e. The molecule has 1 fully saturated rings. The summed E-state index contributed by atoms with van der Waals surface area (Å²) in [6.45, 7) is 5.51. The molecular weight excluding hydrogens is 311 g/mol. The van der Waals surface area contributed by atoms with Crippen molar-refractivity contribution in [1.29, 1.82) is 5.26 Å². The summed E-state index contributed by atoms with van der Waals surface area (Å²) >= 11 is 0. The molecule has 7 heteroatoms. The fraction of sp³-hybridized carbons (Fsp3) is 0.529. The van der Waals surface area contributed by atoms with Gasteiger partial charge in [-0.05, 0) is 32.0 Å². The second-order valence-corrected chi connectivity index (χ2v) is 6.09. The molecular formula is C17H23FN4O2. The maximum atomic E-state index is 14.5. The summed E-state index contributed by atoms with van der Waals surface area (Å²) in [6.07, 6.45) is 0.340. The van der Waals surface area contributed by atoms with Crippen molar-refractivity contribution in [2.45, 2.75) is 32.5 Å². The van der Waals surface area contributed by atoms with Crippen LogP contribution < -0.4 is 10.2 Å². The van der Waals surface area contributed by atoms with Crippen LogP contribution in [0.15, 0.2) is 18.2 Å². The van der Waals surface area contributed by atoms with Crippen LogP contribution in [0.5, 0.6) is 0 Å². The highest BCUT2D eigenvalue weighted by Crippen LogP contribution is 2.26. The molecule has 24 heavy (non-hydrogen) atoms. The van der Waals surface area contributed by atoms with Gasteiger partial charge in [0.05, 0.1) is 30.4 Å². The lowest BCUT2D eigenvalue weighted by Crippen LogP contribution is -2.45. The molecule has 0 radical (unpaired) electrons. The molecule has 1 heterocycles. The first-order valence-electron chi connectivity index (χ1n) is 7.99. The minimum absolute atomic E-state index is 0.0429. The van der Waals surface area contributed by atoms with Crippen molar-refractivity contribution in [2.24, 2.45) is 0 Å². The molecule has 2 rings (SSSR count). The number of ether oxygens (including phenoxy) is 1. The number of carbonyl (C=O) groups is 1. The fourth-order valence-electron chi connectivity index (χ4n) is 2.75. The Morgan fingerprint density at radius 2 is 2.12 bits per heavy atom. The number of urea groups is 1. The Balaban J connectivity index is 2.04. The molecule has 2 atom stereocenters. The molecule has 1 aliphatic heterocycles. The number of hydrogen-bond acceptors (Lipinski definition) is 4. The molecule has 130 valence electrons. The summed E-state index contributed by atoms with van der Waals surface area (Å²) in [7, 11) is 1.59. The molecule has 0 aromatic heterocycles. The number of halogens is 1. The Morgan fingerprint density at radius 1 is 1.46 bits per heavy atom. The summed E-state index contributed by atoms with van der Waals surface area (Å²) in [5.74, 6) is -0.381. The van der Waals surface area contributed by atoms with Crippen molar-refractivity contribution >= 4 is 17.4 Å². The van der Waals surface area contributed by atoms with Crippen LogP contribution in [0.25, 0.3) is 0 Å². The number of carbonyl (C=O) groups excluding carboxylic acids is 1. The predicted octanol–water partition coefficient (Wildman–Crippen LogP) is 2.82. The quantitative estimate of drug-likeness (QED) is 0.919. The smallest absolute Gasteiger partial charge is 0.321 e. The van der Waals surface area contributed by atoms with E-state index in [0.717, 1.165) is 0 Å². The van der Waals surface area contributed by atoms with Crippen molar-refractivity contribution in [3.05, 3.63) is 24.0 Å². The number of benzene rings is 1. The maximum absolute atomic E-state index is 14.5. The molecule has 1 aliphatic rings. The van der Waals surface area contributed by atoms with Gasteiger partial charge in [0, 0.05) is 32.4 Å². The number of nitriles is 1. The normalized spacial score (nSPS) is 20.4. The number of morpholine rings is 1. The van der Waals surface area contributed by atoms with Gasteiger partial charge < -0.3 is 19.9 Å². The molecule has 6 nitrogen and oxygen atoms in total. The van der Waals surface area contributed by atoms with Gasteiger partial charge in [0.25, 0.3) is 0 Å². The van der Waals surface area contributed by atoms with E-state index in [1.54, 1.807) is 19.2 Å². The maximum Gasteiger partial charge on any atom is 0.321 e. The van der Waals surface area contributed by atoms with Gasteiger partial charge >= 0.3 is 6.03 Å². The van der Waals surface area contributed by atoms with Gasteiger partial charge in [-0.2, -0.15) is 5.26 Å². The van der Waals surface area contributed by atoms with Crippen molar-refractivity contribution < 1.29 is 13.9 Å². The standard InChI is InChI=1S/C17H23FN4O2/c1-12-10-22(11-13(2)24-12)16-6-5-14(9-15(16)18)20-17(23)21(3)8-4-7-19/h5-6,9,12-13H,4,8,10-11H2,1-3H3,(H,20,23)/t12-,13-/m1/s1. The molecule has 0 saturated carbocycles. The van der Waals surface area contributed by atoms with Gasteiger partial charge in [-0.1, -0.05) is 0 Å². The van der Waals surface area contributed by atoms with E-state index in [9.17, 15) is 9.18 Å². The Labute approximate surface area is 141 Å². The number of amides is 2. The molecule has 1 aromatic rings. The predicted molar refractivity (Wildman–Crippen MR) is 90.5 cm³/mol. The number of anilines is 2. The Bertz CT molecular complexity index is 622. The van der Waals surface area contributed by atoms with E-state index in [4.69, 9.17) is 10.00 Å². The fourth-order valence-corrected chi connectivity index (χ4v) is 2.75. The van der Waals surface area contributed by atoms with Crippen LogP contribution in [0.3, 0.4) is 0 Å². The third kappa shape index (κ3) is 4.59. The average molecular weight is 334 g/mol. The Hall–Kier alpha value is -2.33. The first-order chi connectivity index (χ1) is 11.4. The average Bonchev–Trinajstić information content (AvgIpc) is 2.51. The summed E-state index contributed by atoms with van der Waals surface area (Å²) < 4.78 is 20.1. The first kappa shape index (κ1) is 18.0. The van der Waals surface area contributed by atoms with E-state index in [1.165, 1.54) is 11.0 Å². The van der Waals surface area contributed by atoms with Gasteiger partial charge in [-0.15, -0.1) is 0 Å². The molecule has 0 spiro atoms. The van der Waals surface area contributed by atoms with Crippen LogP contribution in [-0.2, 0) is 4.74 Å². The summed E-state index contributed by atoms with van der Waals surface area (Å²) in [5, 5.41) is 11.2. The van der Waals surface area contributed by atoms with Crippen molar-refractivity contribution in [1.82, 2.24) is 4.90 Å². The van der Waals surface area contributed by atoms with Crippen LogP contribution in [0.2, 0.25) is 0 Å². The van der Waals surface area contributed by atoms with Gasteiger partial charge in [-0.25, -0.2) is 9.18 Å². The molecule has 1 saturated heterocycles. The monoisotopic (exact) mass is 334 g/mol. The summed E-state index contributed by atoms with van der Waals surface area (Å²) in [6, 6.07) is 6.28. The second-order valence-electron chi connectivity index (χ2n) is 6.09. The van der Waals surface area contributed by atoms with Crippen LogP contribution in [0.4, 0.5) is 20.6 Å². The zero-order chi connectivity index (χ0) is 17.7. The van der Waals surface area contributed by atoms with Crippen molar-refractivity contribution in [2.75, 3.05) is 36.9 Å². The zero-order valence-corrected chi connectivity index (χ0v) is 14.3. The highest BCUT2D eigenvalue weighted by Gasteiger charge is 2.24. The zero-order valence-electron chi connectivity index (χ0n) is 14.3. The third-order valence-corrected chi connectivity index (χ3v) is 3.86. The van der Waals surface area contributed by atoms with Crippen molar-refractivity contribution in [3.63, 3.8) is 0 Å². The molecule has 2 amide bonds. The summed E-state index contributed by atoms with van der Waals surface area (Å²) in [5.41, 5.74) is 0.896. The topological polar surface area (TPSA) is 68.6 Å². The van der Waals surface area contributed by atoms with Gasteiger partial charge in [0.15, 0.2) is 0 Å². The lowest BCUT2D eigenvalue weighted by Gasteiger charge is -2.37. The van der Waals surface area contributed by atoms with Gasteiger partial charge in [0.2, 0.25) is 0 Å². The minimum atomic E-state index is -0.381. The number of hydrogen-bond donors (Lipinski definition) is 1. The number of rotatable bonds is 4. The van der Waals surface area contributed by atoms with E-state index in [0.29, 0.717) is 31.0 Å². The van der Waals surface area contributed by atoms with Gasteiger partial charge in [0.1, 0.15) is 5.82 Å². The van der Waals surface area contributed by atoms with Crippen LogP contribution >= 0.6 is 0 Å². The first-order valence-corrected chi connectivity index (χ1v) is 7.99. The van der Waals surface area contributed by atoms with E-state index in [2.05, 4.69) is 5.32 Å². The molecule has 0 aliphatic carbocycles. The molecule has 1 aromatic carbocycles. The van der Waals surface area contributed by atoms with Crippen molar-refractivity contribution in [3.8, 4) is 6.07 Å². The lowest BCUT2D eigenvalue weighted by atomic mass is 10.2. The molecule has 1 N–H and O–H groups in total. The highest BCUT2D eigenvalue weighted by molar-refractivity contribution is 5.89. The Morgan fingerprint density at radius 3 is 2.71 bits per heavy atom. The van der Waals surface area contributed by atoms with Crippen LogP contribution in [-0.4, -0.2) is 49.8 Å². The Kier molecular flexibility index (Phi) is 5.99. The number of nitrogens with one attached hydrogen (secondary N) is 1. The number of nitrogens with zero attached hydrogens (tertiary/aromatic N) is 3. The SMILES string of the molecule is C[C@@H]1CN(c2ccc(NC(=O)N(C)CCC#N)cc2F)C[C@@H](C)O1. The largest absolute Gasteiger partial charge is 0.372 e. The van der Waals surface area contributed by atoms with E-state index >= 15 is 0 Å². The summed E-state index contributed by atoms with van der Waals surface area (Å²) in [4.78, 5) is 15.3. The third-order valence-electron chi connectivity index (χ3n) is 3.86. The van der Waals surface area contributed by atoms with E-state index in [1.807, 2.05) is 24.8 Å². The van der Waals surface area contributed by atoms with E-state index < -0.39 is 0 Å². The van der Waals surface area contributed by atoms with Gasteiger partial charge in [-0.3, -0.25) is 0 Å². The second kappa shape index (κ2) is 7.97. The lowest BCUT2D eigenvalue weighted by molar-refractivity contribution is -0.00539. The van der Waals surface area contributed by atoms with Crippen LogP contribution in [0.1, 0.15) is 20.3 Å². The van der Waals surface area contributed by atoms with E-state index in [-0.39, 0.29) is 30.5 Å².